The van der Waals surface area contributed by atoms with Gasteiger partial charge in [0.15, 0.2) is 0 Å². The zero-order valence-corrected chi connectivity index (χ0v) is 11.0. The van der Waals surface area contributed by atoms with Crippen LogP contribution in [-0.4, -0.2) is 27.8 Å². The Bertz CT molecular complexity index is 551. The molecule has 1 aromatic carbocycles. The van der Waals surface area contributed by atoms with Crippen LogP contribution in [0.1, 0.15) is 21.7 Å². The molecule has 0 unspecified atom stereocenters. The van der Waals surface area contributed by atoms with Gasteiger partial charge in [-0.15, -0.1) is 0 Å². The van der Waals surface area contributed by atoms with Crippen molar-refractivity contribution in [1.82, 2.24) is 14.9 Å². The molecule has 4 nitrogen and oxygen atoms in total. The minimum atomic E-state index is -0.0498. The second-order valence-electron chi connectivity index (χ2n) is 4.16. The number of hydrogen-bond acceptors (Lipinski definition) is 2. The summed E-state index contributed by atoms with van der Waals surface area (Å²) in [7, 11) is 1.74. The second-order valence-corrected chi connectivity index (χ2v) is 4.57. The summed E-state index contributed by atoms with van der Waals surface area (Å²) in [6.07, 6.45) is 3.40. The maximum absolute atomic E-state index is 12.2. The van der Waals surface area contributed by atoms with Crippen LogP contribution in [0, 0.1) is 6.92 Å². The van der Waals surface area contributed by atoms with E-state index in [-0.39, 0.29) is 5.91 Å². The van der Waals surface area contributed by atoms with Crippen LogP contribution >= 0.6 is 11.6 Å². The molecule has 1 aromatic heterocycles. The first-order valence-electron chi connectivity index (χ1n) is 5.58. The molecule has 2 rings (SSSR count). The summed E-state index contributed by atoms with van der Waals surface area (Å²) in [5, 5.41) is 0.667. The van der Waals surface area contributed by atoms with E-state index in [1.165, 1.54) is 0 Å². The Morgan fingerprint density at radius 2 is 2.28 bits per heavy atom. The number of aryl methyl sites for hydroxylation is 1. The number of benzene rings is 1. The summed E-state index contributed by atoms with van der Waals surface area (Å²) >= 11 is 5.94. The van der Waals surface area contributed by atoms with E-state index in [9.17, 15) is 4.79 Å². The fourth-order valence-corrected chi connectivity index (χ4v) is 1.80. The highest BCUT2D eigenvalue weighted by Crippen LogP contribution is 2.17. The van der Waals surface area contributed by atoms with E-state index in [2.05, 4.69) is 9.97 Å². The normalized spacial score (nSPS) is 10.4. The van der Waals surface area contributed by atoms with Crippen LogP contribution in [-0.2, 0) is 6.54 Å². The molecular formula is C13H14ClN3O. The van der Waals surface area contributed by atoms with Gasteiger partial charge in [-0.1, -0.05) is 11.6 Å². The number of nitrogens with one attached hydrogen (secondary N) is 1. The summed E-state index contributed by atoms with van der Waals surface area (Å²) in [6, 6.07) is 5.27. The third-order valence-electron chi connectivity index (χ3n) is 2.69. The van der Waals surface area contributed by atoms with E-state index < -0.39 is 0 Å². The van der Waals surface area contributed by atoms with Crippen LogP contribution < -0.4 is 0 Å². The number of amides is 1. The number of aromatic nitrogens is 2. The number of carbonyl (C=O) groups is 1. The highest BCUT2D eigenvalue weighted by Gasteiger charge is 2.13. The standard InChI is InChI=1S/C13H14ClN3O/c1-9-7-10(3-4-11(9)14)13(18)17(2)8-12-15-5-6-16-12/h3-7H,8H2,1-2H3,(H,15,16). The van der Waals surface area contributed by atoms with Crippen molar-refractivity contribution in [3.63, 3.8) is 0 Å². The molecule has 5 heteroatoms. The Morgan fingerprint density at radius 1 is 1.50 bits per heavy atom. The van der Waals surface area contributed by atoms with Crippen LogP contribution in [0.15, 0.2) is 30.6 Å². The molecule has 0 aliphatic rings. The van der Waals surface area contributed by atoms with Gasteiger partial charge in [0.2, 0.25) is 0 Å². The molecule has 0 bridgehead atoms. The van der Waals surface area contributed by atoms with E-state index in [0.717, 1.165) is 11.4 Å². The zero-order valence-electron chi connectivity index (χ0n) is 10.3. The average molecular weight is 264 g/mol. The Labute approximate surface area is 111 Å². The number of carbonyl (C=O) groups excluding carboxylic acids is 1. The minimum absolute atomic E-state index is 0.0498. The molecule has 94 valence electrons. The average Bonchev–Trinajstić information content (AvgIpc) is 2.84. The third-order valence-corrected chi connectivity index (χ3v) is 3.12. The first-order chi connectivity index (χ1) is 8.58. The Morgan fingerprint density at radius 3 is 2.89 bits per heavy atom. The smallest absolute Gasteiger partial charge is 0.254 e. The summed E-state index contributed by atoms with van der Waals surface area (Å²) < 4.78 is 0. The number of aromatic amines is 1. The van der Waals surface area contributed by atoms with Gasteiger partial charge in [-0.2, -0.15) is 0 Å². The van der Waals surface area contributed by atoms with Gasteiger partial charge < -0.3 is 9.88 Å². The quantitative estimate of drug-likeness (QED) is 0.926. The van der Waals surface area contributed by atoms with E-state index in [0.29, 0.717) is 17.1 Å². The number of halogens is 1. The molecule has 18 heavy (non-hydrogen) atoms. The van der Waals surface area contributed by atoms with Gasteiger partial charge in [-0.25, -0.2) is 4.98 Å². The largest absolute Gasteiger partial charge is 0.347 e. The van der Waals surface area contributed by atoms with Gasteiger partial charge in [0.1, 0.15) is 5.82 Å². The molecule has 2 aromatic rings. The minimum Gasteiger partial charge on any atom is -0.347 e. The van der Waals surface area contributed by atoms with Gasteiger partial charge in [0.25, 0.3) is 5.91 Å². The molecule has 0 aliphatic carbocycles. The Hall–Kier alpha value is -1.81. The summed E-state index contributed by atoms with van der Waals surface area (Å²) in [5.74, 6) is 0.711. The van der Waals surface area contributed by atoms with Crippen molar-refractivity contribution >= 4 is 17.5 Å². The fourth-order valence-electron chi connectivity index (χ4n) is 1.68. The van der Waals surface area contributed by atoms with Crippen molar-refractivity contribution in [2.24, 2.45) is 0 Å². The first-order valence-corrected chi connectivity index (χ1v) is 5.95. The van der Waals surface area contributed by atoms with Gasteiger partial charge in [0, 0.05) is 30.0 Å². The number of nitrogens with zero attached hydrogens (tertiary/aromatic N) is 2. The van der Waals surface area contributed by atoms with Gasteiger partial charge >= 0.3 is 0 Å². The molecule has 1 amide bonds. The monoisotopic (exact) mass is 263 g/mol. The second kappa shape index (κ2) is 5.23. The lowest BCUT2D eigenvalue weighted by atomic mass is 10.1. The van der Waals surface area contributed by atoms with Crippen molar-refractivity contribution in [1.29, 1.82) is 0 Å². The summed E-state index contributed by atoms with van der Waals surface area (Å²) in [4.78, 5) is 20.9. The Kier molecular flexibility index (Phi) is 3.67. The van der Waals surface area contributed by atoms with Crippen LogP contribution in [0.3, 0.4) is 0 Å². The van der Waals surface area contributed by atoms with Crippen molar-refractivity contribution in [2.75, 3.05) is 7.05 Å². The SMILES string of the molecule is Cc1cc(C(=O)N(C)Cc2ncc[nH]2)ccc1Cl. The predicted molar refractivity (Wildman–Crippen MR) is 70.6 cm³/mol. The lowest BCUT2D eigenvalue weighted by molar-refractivity contribution is 0.0782. The topological polar surface area (TPSA) is 49.0 Å². The maximum atomic E-state index is 12.2. The van der Waals surface area contributed by atoms with E-state index in [4.69, 9.17) is 11.6 Å². The van der Waals surface area contributed by atoms with Gasteiger partial charge in [-0.3, -0.25) is 4.79 Å². The Balaban J connectivity index is 2.12. The number of H-pyrrole nitrogens is 1. The molecular weight excluding hydrogens is 250 g/mol. The molecule has 0 saturated heterocycles. The molecule has 0 aliphatic heterocycles. The van der Waals surface area contributed by atoms with Crippen LogP contribution in [0.4, 0.5) is 0 Å². The van der Waals surface area contributed by atoms with Crippen molar-refractivity contribution in [3.8, 4) is 0 Å². The maximum Gasteiger partial charge on any atom is 0.254 e. The van der Waals surface area contributed by atoms with Crippen LogP contribution in [0.25, 0.3) is 0 Å². The summed E-state index contributed by atoms with van der Waals surface area (Å²) in [6.45, 7) is 2.33. The van der Waals surface area contributed by atoms with Crippen LogP contribution in [0.2, 0.25) is 5.02 Å². The molecule has 0 fully saturated rings. The molecule has 0 atom stereocenters. The number of imidazole rings is 1. The molecule has 0 saturated carbocycles. The van der Waals surface area contributed by atoms with E-state index in [1.54, 1.807) is 42.5 Å². The van der Waals surface area contributed by atoms with Crippen molar-refractivity contribution < 1.29 is 4.79 Å². The molecule has 0 radical (unpaired) electrons. The predicted octanol–water partition coefficient (Wildman–Crippen LogP) is 2.64. The number of rotatable bonds is 3. The molecule has 1 N–H and O–H groups in total. The van der Waals surface area contributed by atoms with Crippen molar-refractivity contribution in [3.05, 3.63) is 52.6 Å². The lowest BCUT2D eigenvalue weighted by Gasteiger charge is -2.16. The van der Waals surface area contributed by atoms with Crippen molar-refractivity contribution in [2.45, 2.75) is 13.5 Å². The van der Waals surface area contributed by atoms with Gasteiger partial charge in [0.05, 0.1) is 6.54 Å². The molecule has 0 spiro atoms. The summed E-state index contributed by atoms with van der Waals surface area (Å²) in [5.41, 5.74) is 1.53. The van der Waals surface area contributed by atoms with Crippen LogP contribution in [0.5, 0.6) is 0 Å². The molecule has 1 heterocycles. The third kappa shape index (κ3) is 2.71. The fraction of sp³-hybridized carbons (Fsp3) is 0.231. The lowest BCUT2D eigenvalue weighted by Crippen LogP contribution is -2.26. The zero-order chi connectivity index (χ0) is 13.1. The first kappa shape index (κ1) is 12.6. The van der Waals surface area contributed by atoms with Gasteiger partial charge in [-0.05, 0) is 30.7 Å². The number of hydrogen-bond donors (Lipinski definition) is 1. The van der Waals surface area contributed by atoms with E-state index >= 15 is 0 Å². The highest BCUT2D eigenvalue weighted by atomic mass is 35.5. The van der Waals surface area contributed by atoms with E-state index in [1.807, 2.05) is 6.92 Å². The highest BCUT2D eigenvalue weighted by molar-refractivity contribution is 6.31.